The van der Waals surface area contributed by atoms with Crippen LogP contribution in [0.25, 0.3) is 10.2 Å². The third-order valence-electron chi connectivity index (χ3n) is 4.94. The first-order valence-electron chi connectivity index (χ1n) is 9.30. The van der Waals surface area contributed by atoms with Crippen molar-refractivity contribution in [2.24, 2.45) is 0 Å². The molecule has 138 valence electrons. The van der Waals surface area contributed by atoms with Gasteiger partial charge in [0.25, 0.3) is 0 Å². The van der Waals surface area contributed by atoms with Gasteiger partial charge in [0.05, 0.1) is 21.6 Å². The first-order valence-corrected chi connectivity index (χ1v) is 10.1. The van der Waals surface area contributed by atoms with Crippen LogP contribution in [0.3, 0.4) is 0 Å². The van der Waals surface area contributed by atoms with Crippen LogP contribution in [0.2, 0.25) is 0 Å². The Balaban J connectivity index is 1.33. The number of carbonyl (C=O) groups is 2. The summed E-state index contributed by atoms with van der Waals surface area (Å²) in [6, 6.07) is 13.7. The molecule has 1 aromatic heterocycles. The fraction of sp³-hybridized carbons (Fsp3) is 0.318. The summed E-state index contributed by atoms with van der Waals surface area (Å²) in [5.41, 5.74) is 4.15. The minimum atomic E-state index is -0.771. The van der Waals surface area contributed by atoms with E-state index in [9.17, 15) is 9.59 Å². The Labute approximate surface area is 162 Å². The molecule has 2 aromatic carbocycles. The normalized spacial score (nSPS) is 14.1. The number of esters is 1. The number of nitrogens with zero attached hydrogens (tertiary/aromatic N) is 1. The van der Waals surface area contributed by atoms with E-state index in [1.165, 1.54) is 11.1 Å². The number of fused-ring (bicyclic) bond motifs is 2. The number of Topliss-reactive ketones (excluding diaryl/α,β-unsaturated/α-hetero) is 1. The van der Waals surface area contributed by atoms with E-state index in [-0.39, 0.29) is 18.2 Å². The van der Waals surface area contributed by atoms with Crippen LogP contribution >= 0.6 is 11.3 Å². The standard InChI is InChI=1S/C22H21NO3S/c1-14(22(25)17-10-9-15-5-4-6-16(15)13-17)26-21(24)12-11-20-23-18-7-2-3-8-19(18)27-20/h2-3,7-10,13-14H,4-6,11-12H2,1H3. The van der Waals surface area contributed by atoms with Crippen molar-refractivity contribution < 1.29 is 14.3 Å². The predicted octanol–water partition coefficient (Wildman–Crippen LogP) is 4.53. The highest BCUT2D eigenvalue weighted by Gasteiger charge is 2.21. The van der Waals surface area contributed by atoms with E-state index in [0.29, 0.717) is 12.0 Å². The number of hydrogen-bond acceptors (Lipinski definition) is 5. The maximum absolute atomic E-state index is 12.6. The Morgan fingerprint density at radius 1 is 1.15 bits per heavy atom. The highest BCUT2D eigenvalue weighted by atomic mass is 32.1. The van der Waals surface area contributed by atoms with Crippen molar-refractivity contribution in [2.45, 2.75) is 45.1 Å². The summed E-state index contributed by atoms with van der Waals surface area (Å²) in [6.07, 6.45) is 3.22. The third kappa shape index (κ3) is 3.93. The molecule has 1 heterocycles. The number of thiazole rings is 1. The van der Waals surface area contributed by atoms with Crippen molar-refractivity contribution in [3.63, 3.8) is 0 Å². The lowest BCUT2D eigenvalue weighted by atomic mass is 10.0. The van der Waals surface area contributed by atoms with Gasteiger partial charge in [-0.05, 0) is 55.5 Å². The lowest BCUT2D eigenvalue weighted by Crippen LogP contribution is -2.24. The van der Waals surface area contributed by atoms with Gasteiger partial charge in [-0.15, -0.1) is 11.3 Å². The molecule has 0 fully saturated rings. The second-order valence-corrected chi connectivity index (χ2v) is 8.02. The molecule has 1 aliphatic carbocycles. The van der Waals surface area contributed by atoms with E-state index in [0.717, 1.165) is 34.5 Å². The molecular weight excluding hydrogens is 358 g/mol. The number of ether oxygens (including phenoxy) is 1. The molecule has 4 nitrogen and oxygen atoms in total. The second kappa shape index (κ2) is 7.61. The molecule has 0 amide bonds. The van der Waals surface area contributed by atoms with E-state index < -0.39 is 6.10 Å². The SMILES string of the molecule is CC(OC(=O)CCc1nc2ccccc2s1)C(=O)c1ccc2c(c1)CCC2. The van der Waals surface area contributed by atoms with Crippen LogP contribution in [0.4, 0.5) is 0 Å². The zero-order valence-corrected chi connectivity index (χ0v) is 16.1. The van der Waals surface area contributed by atoms with Crippen LogP contribution in [-0.2, 0) is 28.8 Å². The quantitative estimate of drug-likeness (QED) is 0.466. The molecule has 1 aliphatic rings. The molecule has 1 unspecified atom stereocenters. The van der Waals surface area contributed by atoms with Gasteiger partial charge in [-0.25, -0.2) is 4.98 Å². The monoisotopic (exact) mass is 379 g/mol. The number of benzene rings is 2. The van der Waals surface area contributed by atoms with Gasteiger partial charge in [-0.2, -0.15) is 0 Å². The first-order chi connectivity index (χ1) is 13.1. The summed E-state index contributed by atoms with van der Waals surface area (Å²) in [5, 5.41) is 0.908. The van der Waals surface area contributed by atoms with E-state index >= 15 is 0 Å². The number of ketones is 1. The van der Waals surface area contributed by atoms with Crippen molar-refractivity contribution in [1.29, 1.82) is 0 Å². The number of rotatable bonds is 6. The largest absolute Gasteiger partial charge is 0.454 e. The number of aromatic nitrogens is 1. The summed E-state index contributed by atoms with van der Waals surface area (Å²) < 4.78 is 6.48. The molecular formula is C22H21NO3S. The Morgan fingerprint density at radius 3 is 2.81 bits per heavy atom. The van der Waals surface area contributed by atoms with Crippen LogP contribution in [0.1, 0.15) is 46.3 Å². The average Bonchev–Trinajstić information content (AvgIpc) is 3.31. The minimum Gasteiger partial charge on any atom is -0.454 e. The van der Waals surface area contributed by atoms with E-state index in [1.54, 1.807) is 18.3 Å². The molecule has 0 N–H and O–H groups in total. The molecule has 5 heteroatoms. The van der Waals surface area contributed by atoms with Crippen molar-refractivity contribution >= 4 is 33.3 Å². The predicted molar refractivity (Wildman–Crippen MR) is 106 cm³/mol. The zero-order valence-electron chi connectivity index (χ0n) is 15.2. The minimum absolute atomic E-state index is 0.141. The zero-order chi connectivity index (χ0) is 18.8. The maximum atomic E-state index is 12.6. The van der Waals surface area contributed by atoms with E-state index in [2.05, 4.69) is 4.98 Å². The van der Waals surface area contributed by atoms with E-state index in [4.69, 9.17) is 4.74 Å². The van der Waals surface area contributed by atoms with E-state index in [1.807, 2.05) is 42.5 Å². The lowest BCUT2D eigenvalue weighted by Gasteiger charge is -2.13. The molecule has 0 bridgehead atoms. The fourth-order valence-electron chi connectivity index (χ4n) is 3.51. The van der Waals surface area contributed by atoms with Gasteiger partial charge in [-0.3, -0.25) is 9.59 Å². The Kier molecular flexibility index (Phi) is 5.03. The second-order valence-electron chi connectivity index (χ2n) is 6.91. The number of carbonyl (C=O) groups excluding carboxylic acids is 2. The van der Waals surface area contributed by atoms with Crippen LogP contribution in [0, 0.1) is 0 Å². The van der Waals surface area contributed by atoms with Crippen LogP contribution < -0.4 is 0 Å². The molecule has 27 heavy (non-hydrogen) atoms. The molecule has 3 aromatic rings. The highest BCUT2D eigenvalue weighted by molar-refractivity contribution is 7.18. The first kappa shape index (κ1) is 17.9. The van der Waals surface area contributed by atoms with Crippen molar-refractivity contribution in [1.82, 2.24) is 4.98 Å². The molecule has 1 atom stereocenters. The van der Waals surface area contributed by atoms with Crippen LogP contribution in [0.5, 0.6) is 0 Å². The van der Waals surface area contributed by atoms with Crippen molar-refractivity contribution in [2.75, 3.05) is 0 Å². The summed E-state index contributed by atoms with van der Waals surface area (Å²) in [7, 11) is 0. The highest BCUT2D eigenvalue weighted by Crippen LogP contribution is 2.24. The van der Waals surface area contributed by atoms with Gasteiger partial charge < -0.3 is 4.74 Å². The van der Waals surface area contributed by atoms with Gasteiger partial charge in [-0.1, -0.05) is 24.3 Å². The number of para-hydroxylation sites is 1. The number of hydrogen-bond donors (Lipinski definition) is 0. The smallest absolute Gasteiger partial charge is 0.306 e. The van der Waals surface area contributed by atoms with Gasteiger partial charge in [0, 0.05) is 12.0 Å². The van der Waals surface area contributed by atoms with Crippen LogP contribution in [-0.4, -0.2) is 22.8 Å². The third-order valence-corrected chi connectivity index (χ3v) is 6.04. The Bertz CT molecular complexity index is 975. The average molecular weight is 379 g/mol. The van der Waals surface area contributed by atoms with Crippen LogP contribution in [0.15, 0.2) is 42.5 Å². The summed E-state index contributed by atoms with van der Waals surface area (Å²) in [6.45, 7) is 1.64. The number of aryl methyl sites for hydroxylation is 3. The molecule has 0 saturated heterocycles. The van der Waals surface area contributed by atoms with Gasteiger partial charge >= 0.3 is 5.97 Å². The lowest BCUT2D eigenvalue weighted by molar-refractivity contribution is -0.146. The molecule has 4 rings (SSSR count). The van der Waals surface area contributed by atoms with Gasteiger partial charge in [0.15, 0.2) is 6.10 Å². The Morgan fingerprint density at radius 2 is 1.96 bits per heavy atom. The molecule has 0 radical (unpaired) electrons. The molecule has 0 saturated carbocycles. The maximum Gasteiger partial charge on any atom is 0.306 e. The summed E-state index contributed by atoms with van der Waals surface area (Å²) in [4.78, 5) is 29.3. The van der Waals surface area contributed by atoms with Gasteiger partial charge in [0.1, 0.15) is 0 Å². The van der Waals surface area contributed by atoms with Gasteiger partial charge in [0.2, 0.25) is 5.78 Å². The fourth-order valence-corrected chi connectivity index (χ4v) is 4.47. The van der Waals surface area contributed by atoms with Crippen molar-refractivity contribution in [3.8, 4) is 0 Å². The topological polar surface area (TPSA) is 56.3 Å². The Hall–Kier alpha value is -2.53. The summed E-state index contributed by atoms with van der Waals surface area (Å²) >= 11 is 1.59. The molecule has 0 spiro atoms. The summed E-state index contributed by atoms with van der Waals surface area (Å²) in [5.74, 6) is -0.505. The van der Waals surface area contributed by atoms with Crippen molar-refractivity contribution in [3.05, 3.63) is 64.2 Å². The molecule has 0 aliphatic heterocycles.